The summed E-state index contributed by atoms with van der Waals surface area (Å²) in [7, 11) is 3.75. The first kappa shape index (κ1) is 22.2. The largest absolute Gasteiger partial charge is 0.378 e. The Bertz CT molecular complexity index is 484. The van der Waals surface area contributed by atoms with Crippen molar-refractivity contribution in [1.29, 1.82) is 0 Å². The molecule has 0 radical (unpaired) electrons. The van der Waals surface area contributed by atoms with E-state index in [0.29, 0.717) is 6.10 Å². The maximum atomic E-state index is 6.02. The molecular weight excluding hydrogens is 429 g/mol. The molecule has 0 unspecified atom stereocenters. The van der Waals surface area contributed by atoms with Gasteiger partial charge in [0, 0.05) is 33.4 Å². The fourth-order valence-corrected chi connectivity index (χ4v) is 3.06. The number of hydrogen-bond donors (Lipinski definition) is 2. The highest BCUT2D eigenvalue weighted by molar-refractivity contribution is 14.0. The number of aromatic nitrogens is 2. The fraction of sp³-hybridized carbons (Fsp3) is 0.778. The second kappa shape index (κ2) is 13.4. The number of guanidine groups is 1. The molecule has 144 valence electrons. The van der Waals surface area contributed by atoms with Crippen LogP contribution in [-0.2, 0) is 18.3 Å². The van der Waals surface area contributed by atoms with Crippen molar-refractivity contribution in [3.8, 4) is 0 Å². The highest BCUT2D eigenvalue weighted by Crippen LogP contribution is 2.19. The highest BCUT2D eigenvalue weighted by Gasteiger charge is 2.11. The summed E-state index contributed by atoms with van der Waals surface area (Å²) in [6.45, 7) is 2.52. The van der Waals surface area contributed by atoms with Crippen LogP contribution in [-0.4, -0.2) is 42.0 Å². The van der Waals surface area contributed by atoms with Crippen LogP contribution in [0, 0.1) is 0 Å². The normalized spacial score (nSPS) is 16.2. The van der Waals surface area contributed by atoms with Crippen molar-refractivity contribution in [2.75, 3.05) is 20.2 Å². The minimum Gasteiger partial charge on any atom is -0.378 e. The van der Waals surface area contributed by atoms with Gasteiger partial charge in [0.25, 0.3) is 0 Å². The van der Waals surface area contributed by atoms with Gasteiger partial charge in [0.2, 0.25) is 0 Å². The van der Waals surface area contributed by atoms with Crippen molar-refractivity contribution in [3.63, 3.8) is 0 Å². The first-order valence-electron chi connectivity index (χ1n) is 9.32. The molecule has 2 rings (SSSR count). The van der Waals surface area contributed by atoms with Gasteiger partial charge in [-0.2, -0.15) is 5.10 Å². The molecule has 1 saturated carbocycles. The van der Waals surface area contributed by atoms with E-state index in [0.717, 1.165) is 44.2 Å². The molecule has 25 heavy (non-hydrogen) atoms. The van der Waals surface area contributed by atoms with Crippen molar-refractivity contribution in [1.82, 2.24) is 20.4 Å². The van der Waals surface area contributed by atoms with Crippen molar-refractivity contribution in [2.24, 2.45) is 12.0 Å². The van der Waals surface area contributed by atoms with Crippen molar-refractivity contribution >= 4 is 29.9 Å². The Labute approximate surface area is 169 Å². The number of hydrogen-bond acceptors (Lipinski definition) is 3. The summed E-state index contributed by atoms with van der Waals surface area (Å²) in [4.78, 5) is 4.25. The van der Waals surface area contributed by atoms with Crippen molar-refractivity contribution in [2.45, 2.75) is 64.0 Å². The van der Waals surface area contributed by atoms with E-state index in [1.807, 2.05) is 24.0 Å². The Morgan fingerprint density at radius 1 is 1.24 bits per heavy atom. The van der Waals surface area contributed by atoms with Gasteiger partial charge in [-0.05, 0) is 31.7 Å². The van der Waals surface area contributed by atoms with Gasteiger partial charge >= 0.3 is 0 Å². The Morgan fingerprint density at radius 3 is 2.64 bits per heavy atom. The summed E-state index contributed by atoms with van der Waals surface area (Å²) in [6.07, 6.45) is 12.5. The van der Waals surface area contributed by atoms with E-state index in [1.165, 1.54) is 38.5 Å². The smallest absolute Gasteiger partial charge is 0.191 e. The number of aryl methyl sites for hydroxylation is 1. The molecule has 7 heteroatoms. The van der Waals surface area contributed by atoms with Gasteiger partial charge in [-0.15, -0.1) is 24.0 Å². The lowest BCUT2D eigenvalue weighted by atomic mass is 10.1. The number of aliphatic imine (C=N–C) groups is 1. The van der Waals surface area contributed by atoms with E-state index >= 15 is 0 Å². The number of unbranched alkanes of at least 4 members (excludes halogenated alkanes) is 1. The Hall–Kier alpha value is -0.830. The highest BCUT2D eigenvalue weighted by atomic mass is 127. The lowest BCUT2D eigenvalue weighted by Crippen LogP contribution is -2.37. The van der Waals surface area contributed by atoms with Crippen molar-refractivity contribution < 1.29 is 4.74 Å². The molecule has 0 saturated heterocycles. The fourth-order valence-electron chi connectivity index (χ4n) is 3.06. The molecule has 6 nitrogen and oxygen atoms in total. The van der Waals surface area contributed by atoms with Crippen LogP contribution in [0.15, 0.2) is 17.3 Å². The van der Waals surface area contributed by atoms with Gasteiger partial charge in [0.15, 0.2) is 5.96 Å². The van der Waals surface area contributed by atoms with Crippen LogP contribution in [0.25, 0.3) is 0 Å². The third-order valence-electron chi connectivity index (χ3n) is 4.60. The molecule has 2 N–H and O–H groups in total. The van der Waals surface area contributed by atoms with E-state index in [1.54, 1.807) is 7.05 Å². The summed E-state index contributed by atoms with van der Waals surface area (Å²) in [6, 6.07) is 2.01. The first-order valence-corrected chi connectivity index (χ1v) is 9.32. The van der Waals surface area contributed by atoms with E-state index in [4.69, 9.17) is 4.74 Å². The lowest BCUT2D eigenvalue weighted by Gasteiger charge is -2.15. The van der Waals surface area contributed by atoms with Crippen LogP contribution in [0.4, 0.5) is 0 Å². The zero-order chi connectivity index (χ0) is 17.0. The van der Waals surface area contributed by atoms with E-state index in [-0.39, 0.29) is 24.0 Å². The predicted octanol–water partition coefficient (Wildman–Crippen LogP) is 3.22. The minimum atomic E-state index is 0. The number of nitrogens with zero attached hydrogens (tertiary/aromatic N) is 3. The number of ether oxygens (including phenoxy) is 1. The SMILES string of the molecule is CN=C(NCCCCOC1CCCCCC1)NCc1ccnn1C.I. The molecule has 0 bridgehead atoms. The number of halogens is 1. The summed E-state index contributed by atoms with van der Waals surface area (Å²) in [5.41, 5.74) is 1.13. The van der Waals surface area contributed by atoms with Gasteiger partial charge in [-0.25, -0.2) is 0 Å². The van der Waals surface area contributed by atoms with Gasteiger partial charge in [0.05, 0.1) is 18.3 Å². The Balaban J connectivity index is 0.00000312. The van der Waals surface area contributed by atoms with Crippen LogP contribution in [0.2, 0.25) is 0 Å². The molecule has 1 aliphatic carbocycles. The molecule has 1 aromatic heterocycles. The Kier molecular flexibility index (Phi) is 11.9. The molecular formula is C18H34IN5O. The molecule has 1 fully saturated rings. The maximum absolute atomic E-state index is 6.02. The minimum absolute atomic E-state index is 0. The van der Waals surface area contributed by atoms with E-state index in [9.17, 15) is 0 Å². The molecule has 0 atom stereocenters. The summed E-state index contributed by atoms with van der Waals surface area (Å²) in [5, 5.41) is 10.8. The summed E-state index contributed by atoms with van der Waals surface area (Å²) < 4.78 is 7.89. The third-order valence-corrected chi connectivity index (χ3v) is 4.60. The molecule has 0 aromatic carbocycles. The standard InChI is InChI=1S/C18H33N5O.HI/c1-19-18(21-15-16-11-13-22-23(16)2)20-12-7-8-14-24-17-9-5-3-4-6-10-17;/h11,13,17H,3-10,12,14-15H2,1-2H3,(H2,19,20,21);1H. The summed E-state index contributed by atoms with van der Waals surface area (Å²) >= 11 is 0. The van der Waals surface area contributed by atoms with Crippen LogP contribution in [0.3, 0.4) is 0 Å². The zero-order valence-electron chi connectivity index (χ0n) is 15.7. The average Bonchev–Trinajstić information content (AvgIpc) is 2.84. The Morgan fingerprint density at radius 2 is 2.00 bits per heavy atom. The number of nitrogens with one attached hydrogen (secondary N) is 2. The average molecular weight is 463 g/mol. The molecule has 0 amide bonds. The summed E-state index contributed by atoms with van der Waals surface area (Å²) in [5.74, 6) is 0.834. The second-order valence-corrected chi connectivity index (χ2v) is 6.49. The van der Waals surface area contributed by atoms with Gasteiger partial charge < -0.3 is 15.4 Å². The van der Waals surface area contributed by atoms with E-state index < -0.39 is 0 Å². The van der Waals surface area contributed by atoms with Crippen LogP contribution >= 0.6 is 24.0 Å². The predicted molar refractivity (Wildman–Crippen MR) is 114 cm³/mol. The van der Waals surface area contributed by atoms with Crippen LogP contribution in [0.5, 0.6) is 0 Å². The molecule has 0 aliphatic heterocycles. The quantitative estimate of drug-likeness (QED) is 0.204. The molecule has 1 aromatic rings. The van der Waals surface area contributed by atoms with E-state index in [2.05, 4.69) is 20.7 Å². The van der Waals surface area contributed by atoms with Gasteiger partial charge in [-0.1, -0.05) is 25.7 Å². The lowest BCUT2D eigenvalue weighted by molar-refractivity contribution is 0.0411. The topological polar surface area (TPSA) is 63.5 Å². The van der Waals surface area contributed by atoms with Gasteiger partial charge in [0.1, 0.15) is 0 Å². The van der Waals surface area contributed by atoms with Crippen LogP contribution < -0.4 is 10.6 Å². The van der Waals surface area contributed by atoms with Crippen LogP contribution in [0.1, 0.15) is 57.1 Å². The number of rotatable bonds is 8. The van der Waals surface area contributed by atoms with Gasteiger partial charge in [-0.3, -0.25) is 9.67 Å². The molecule has 1 heterocycles. The maximum Gasteiger partial charge on any atom is 0.191 e. The second-order valence-electron chi connectivity index (χ2n) is 6.49. The first-order chi connectivity index (χ1) is 11.8. The van der Waals surface area contributed by atoms with Crippen molar-refractivity contribution in [3.05, 3.63) is 18.0 Å². The molecule has 0 spiro atoms. The monoisotopic (exact) mass is 463 g/mol. The zero-order valence-corrected chi connectivity index (χ0v) is 18.0. The molecule has 1 aliphatic rings. The third kappa shape index (κ3) is 8.89.